The standard InChI is InChI=1S/C14H16N6O2S/c1-15-13(22)17-11(21)8-23-14-19-18-12(20(14)10-4-5-10)9-3-2-6-16-7-9/h2-3,6-7,10H,4-5,8H2,1H3,(H2,15,17,21,22). The Morgan fingerprint density at radius 3 is 2.87 bits per heavy atom. The first-order valence-electron chi connectivity index (χ1n) is 7.18. The van der Waals surface area contributed by atoms with Crippen LogP contribution >= 0.6 is 11.8 Å². The lowest BCUT2D eigenvalue weighted by Crippen LogP contribution is -2.38. The molecule has 1 aliphatic rings. The van der Waals surface area contributed by atoms with Crippen LogP contribution in [0.15, 0.2) is 29.7 Å². The maximum atomic E-state index is 11.7. The zero-order valence-electron chi connectivity index (χ0n) is 12.5. The fourth-order valence-corrected chi connectivity index (χ4v) is 2.89. The number of imide groups is 1. The molecule has 1 aliphatic carbocycles. The molecule has 2 aromatic rings. The highest BCUT2D eigenvalue weighted by molar-refractivity contribution is 7.99. The van der Waals surface area contributed by atoms with Crippen LogP contribution in [0.2, 0.25) is 0 Å². The topological polar surface area (TPSA) is 102 Å². The highest BCUT2D eigenvalue weighted by atomic mass is 32.2. The molecule has 120 valence electrons. The first-order valence-corrected chi connectivity index (χ1v) is 8.17. The van der Waals surface area contributed by atoms with E-state index < -0.39 is 6.03 Å². The summed E-state index contributed by atoms with van der Waals surface area (Å²) in [7, 11) is 1.46. The summed E-state index contributed by atoms with van der Waals surface area (Å²) in [6, 6.07) is 3.63. The van der Waals surface area contributed by atoms with Crippen molar-refractivity contribution in [1.82, 2.24) is 30.4 Å². The van der Waals surface area contributed by atoms with Gasteiger partial charge in [-0.15, -0.1) is 10.2 Å². The highest BCUT2D eigenvalue weighted by Gasteiger charge is 2.30. The second-order valence-electron chi connectivity index (χ2n) is 5.07. The van der Waals surface area contributed by atoms with Gasteiger partial charge >= 0.3 is 6.03 Å². The molecule has 0 bridgehead atoms. The lowest BCUT2D eigenvalue weighted by atomic mass is 10.3. The summed E-state index contributed by atoms with van der Waals surface area (Å²) in [5.74, 6) is 0.489. The van der Waals surface area contributed by atoms with Crippen molar-refractivity contribution in [1.29, 1.82) is 0 Å². The van der Waals surface area contributed by atoms with Crippen molar-refractivity contribution in [3.05, 3.63) is 24.5 Å². The van der Waals surface area contributed by atoms with Crippen LogP contribution in [0.1, 0.15) is 18.9 Å². The van der Waals surface area contributed by atoms with E-state index in [1.54, 1.807) is 12.4 Å². The van der Waals surface area contributed by atoms with E-state index in [4.69, 9.17) is 0 Å². The Morgan fingerprint density at radius 2 is 2.22 bits per heavy atom. The summed E-state index contributed by atoms with van der Waals surface area (Å²) < 4.78 is 2.05. The van der Waals surface area contributed by atoms with Crippen LogP contribution in [0.4, 0.5) is 4.79 Å². The quantitative estimate of drug-likeness (QED) is 0.798. The molecule has 1 saturated carbocycles. The third-order valence-electron chi connectivity index (χ3n) is 3.31. The Labute approximate surface area is 137 Å². The molecule has 0 unspecified atom stereocenters. The monoisotopic (exact) mass is 332 g/mol. The number of nitrogens with zero attached hydrogens (tertiary/aromatic N) is 4. The largest absolute Gasteiger partial charge is 0.341 e. The number of aromatic nitrogens is 4. The third kappa shape index (κ3) is 3.67. The summed E-state index contributed by atoms with van der Waals surface area (Å²) in [6.45, 7) is 0. The number of rotatable bonds is 5. The molecule has 3 amide bonds. The number of amides is 3. The van der Waals surface area contributed by atoms with E-state index in [-0.39, 0.29) is 11.7 Å². The number of nitrogens with one attached hydrogen (secondary N) is 2. The minimum atomic E-state index is -0.518. The van der Waals surface area contributed by atoms with Crippen LogP contribution in [0.25, 0.3) is 11.4 Å². The van der Waals surface area contributed by atoms with Crippen LogP contribution < -0.4 is 10.6 Å². The van der Waals surface area contributed by atoms with Gasteiger partial charge in [0, 0.05) is 31.0 Å². The highest BCUT2D eigenvalue weighted by Crippen LogP contribution is 2.40. The Hall–Kier alpha value is -2.42. The molecule has 2 aromatic heterocycles. The lowest BCUT2D eigenvalue weighted by Gasteiger charge is -2.08. The summed E-state index contributed by atoms with van der Waals surface area (Å²) >= 11 is 1.27. The van der Waals surface area contributed by atoms with Crippen molar-refractivity contribution >= 4 is 23.7 Å². The third-order valence-corrected chi connectivity index (χ3v) is 4.25. The molecule has 0 saturated heterocycles. The molecule has 0 atom stereocenters. The van der Waals surface area contributed by atoms with Gasteiger partial charge in [0.05, 0.1) is 5.75 Å². The molecule has 0 radical (unpaired) electrons. The average molecular weight is 332 g/mol. The smallest absolute Gasteiger partial charge is 0.321 e. The number of thioether (sulfide) groups is 1. The number of pyridine rings is 1. The molecule has 9 heteroatoms. The van der Waals surface area contributed by atoms with Crippen molar-refractivity contribution in [2.75, 3.05) is 12.8 Å². The first-order chi connectivity index (χ1) is 11.2. The van der Waals surface area contributed by atoms with E-state index in [0.29, 0.717) is 11.2 Å². The summed E-state index contributed by atoms with van der Waals surface area (Å²) in [5.41, 5.74) is 0.897. The van der Waals surface area contributed by atoms with Crippen molar-refractivity contribution in [2.24, 2.45) is 0 Å². The van der Waals surface area contributed by atoms with E-state index in [2.05, 4.69) is 30.4 Å². The van der Waals surface area contributed by atoms with Crippen LogP contribution in [0, 0.1) is 0 Å². The van der Waals surface area contributed by atoms with Crippen molar-refractivity contribution in [3.63, 3.8) is 0 Å². The van der Waals surface area contributed by atoms with Crippen LogP contribution in [0.5, 0.6) is 0 Å². The molecule has 0 aliphatic heterocycles. The molecular formula is C14H16N6O2S. The van der Waals surface area contributed by atoms with Gasteiger partial charge in [0.2, 0.25) is 5.91 Å². The maximum absolute atomic E-state index is 11.7. The van der Waals surface area contributed by atoms with Crippen molar-refractivity contribution in [3.8, 4) is 11.4 Å². The summed E-state index contributed by atoms with van der Waals surface area (Å²) in [4.78, 5) is 26.9. The van der Waals surface area contributed by atoms with E-state index >= 15 is 0 Å². The predicted octanol–water partition coefficient (Wildman–Crippen LogP) is 1.22. The number of urea groups is 1. The van der Waals surface area contributed by atoms with Gasteiger partial charge in [0.15, 0.2) is 11.0 Å². The summed E-state index contributed by atoms with van der Waals surface area (Å²) in [6.07, 6.45) is 5.60. The molecular weight excluding hydrogens is 316 g/mol. The fraction of sp³-hybridized carbons (Fsp3) is 0.357. The first kappa shape index (κ1) is 15.5. The fourth-order valence-electron chi connectivity index (χ4n) is 2.08. The number of carbonyl (C=O) groups is 2. The van der Waals surface area contributed by atoms with Gasteiger partial charge in [0.25, 0.3) is 0 Å². The second-order valence-corrected chi connectivity index (χ2v) is 6.01. The molecule has 3 rings (SSSR count). The van der Waals surface area contributed by atoms with Gasteiger partial charge in [-0.3, -0.25) is 19.7 Å². The average Bonchev–Trinajstić information content (AvgIpc) is 3.33. The zero-order chi connectivity index (χ0) is 16.2. The van der Waals surface area contributed by atoms with Gasteiger partial charge in [0.1, 0.15) is 0 Å². The molecule has 23 heavy (non-hydrogen) atoms. The van der Waals surface area contributed by atoms with Crippen LogP contribution in [-0.4, -0.2) is 44.5 Å². The van der Waals surface area contributed by atoms with Gasteiger partial charge < -0.3 is 5.32 Å². The maximum Gasteiger partial charge on any atom is 0.321 e. The molecule has 0 spiro atoms. The minimum absolute atomic E-state index is 0.102. The van der Waals surface area contributed by atoms with E-state index in [0.717, 1.165) is 24.2 Å². The van der Waals surface area contributed by atoms with Gasteiger partial charge in [-0.05, 0) is 25.0 Å². The molecule has 2 N–H and O–H groups in total. The normalized spacial score (nSPS) is 13.6. The van der Waals surface area contributed by atoms with Crippen LogP contribution in [0.3, 0.4) is 0 Å². The second kappa shape index (κ2) is 6.78. The van der Waals surface area contributed by atoms with Crippen molar-refractivity contribution in [2.45, 2.75) is 24.0 Å². The van der Waals surface area contributed by atoms with Gasteiger partial charge in [-0.1, -0.05) is 11.8 Å². The number of carbonyl (C=O) groups excluding carboxylic acids is 2. The molecule has 0 aromatic carbocycles. The lowest BCUT2D eigenvalue weighted by molar-refractivity contribution is -0.117. The number of hydrogen-bond donors (Lipinski definition) is 2. The van der Waals surface area contributed by atoms with E-state index in [9.17, 15) is 9.59 Å². The Morgan fingerprint density at radius 1 is 1.39 bits per heavy atom. The number of hydrogen-bond acceptors (Lipinski definition) is 6. The molecule has 1 fully saturated rings. The Kier molecular flexibility index (Phi) is 4.56. The summed E-state index contributed by atoms with van der Waals surface area (Å²) in [5, 5.41) is 13.7. The predicted molar refractivity (Wildman–Crippen MR) is 84.8 cm³/mol. The Balaban J connectivity index is 1.74. The van der Waals surface area contributed by atoms with E-state index in [1.807, 2.05) is 12.1 Å². The SMILES string of the molecule is CNC(=O)NC(=O)CSc1nnc(-c2cccnc2)n1C1CC1. The van der Waals surface area contributed by atoms with Crippen LogP contribution in [-0.2, 0) is 4.79 Å². The minimum Gasteiger partial charge on any atom is -0.341 e. The van der Waals surface area contributed by atoms with Gasteiger partial charge in [-0.25, -0.2) is 4.79 Å². The zero-order valence-corrected chi connectivity index (χ0v) is 13.3. The molecule has 2 heterocycles. The van der Waals surface area contributed by atoms with Crippen molar-refractivity contribution < 1.29 is 9.59 Å². The van der Waals surface area contributed by atoms with E-state index in [1.165, 1.54) is 18.8 Å². The Bertz CT molecular complexity index is 713. The molecule has 8 nitrogen and oxygen atoms in total. The van der Waals surface area contributed by atoms with Gasteiger partial charge in [-0.2, -0.15) is 0 Å².